The summed E-state index contributed by atoms with van der Waals surface area (Å²) in [6.07, 6.45) is 0.758. The van der Waals surface area contributed by atoms with Gasteiger partial charge in [0.1, 0.15) is 36.9 Å². The van der Waals surface area contributed by atoms with Crippen LogP contribution in [0.25, 0.3) is 0 Å². The van der Waals surface area contributed by atoms with E-state index in [1.165, 1.54) is 27.8 Å². The van der Waals surface area contributed by atoms with Gasteiger partial charge in [-0.15, -0.1) is 0 Å². The summed E-state index contributed by atoms with van der Waals surface area (Å²) in [5, 5.41) is 0. The van der Waals surface area contributed by atoms with E-state index in [-0.39, 0.29) is 17.6 Å². The molecule has 0 saturated carbocycles. The van der Waals surface area contributed by atoms with Crippen LogP contribution in [0.15, 0.2) is 97.1 Å². The predicted molar refractivity (Wildman–Crippen MR) is 170 cm³/mol. The van der Waals surface area contributed by atoms with E-state index in [0.717, 1.165) is 43.7 Å². The second-order valence-electron chi connectivity index (χ2n) is 12.8. The van der Waals surface area contributed by atoms with E-state index in [0.29, 0.717) is 19.3 Å². The van der Waals surface area contributed by atoms with Crippen LogP contribution in [-0.2, 0) is 25.0 Å². The number of ether oxygens (including phenoxy) is 6. The van der Waals surface area contributed by atoms with Crippen molar-refractivity contribution in [2.24, 2.45) is 0 Å². The van der Waals surface area contributed by atoms with E-state index in [4.69, 9.17) is 23.7 Å². The second-order valence-corrected chi connectivity index (χ2v) is 12.8. The minimum absolute atomic E-state index is 0.165. The summed E-state index contributed by atoms with van der Waals surface area (Å²) in [6, 6.07) is 34.7. The molecule has 3 heterocycles. The average Bonchev–Trinajstić information content (AvgIpc) is 3.91. The number of benzene rings is 4. The summed E-state index contributed by atoms with van der Waals surface area (Å²) in [5.41, 5.74) is 5.56. The van der Waals surface area contributed by atoms with Crippen molar-refractivity contribution in [1.82, 2.24) is 0 Å². The molecule has 0 bridgehead atoms. The number of rotatable bonds is 14. The molecule has 3 atom stereocenters. The maximum absolute atomic E-state index is 5.94. The highest BCUT2D eigenvalue weighted by Gasteiger charge is 2.33. The Hall–Kier alpha value is -3.84. The van der Waals surface area contributed by atoms with Gasteiger partial charge in [-0.25, -0.2) is 0 Å². The molecule has 0 aromatic heterocycles. The van der Waals surface area contributed by atoms with Gasteiger partial charge in [0.15, 0.2) is 6.10 Å². The monoisotopic (exact) mass is 593 g/mol. The van der Waals surface area contributed by atoms with Gasteiger partial charge in [0, 0.05) is 23.0 Å². The van der Waals surface area contributed by atoms with Gasteiger partial charge in [-0.1, -0.05) is 62.4 Å². The van der Waals surface area contributed by atoms with Crippen LogP contribution in [0.4, 0.5) is 0 Å². The van der Waals surface area contributed by atoms with E-state index >= 15 is 0 Å². The van der Waals surface area contributed by atoms with Crippen LogP contribution in [-0.4, -0.2) is 62.7 Å². The van der Waals surface area contributed by atoms with Crippen molar-refractivity contribution < 1.29 is 28.4 Å². The summed E-state index contributed by atoms with van der Waals surface area (Å²) >= 11 is 0. The Balaban J connectivity index is 1.15. The lowest BCUT2D eigenvalue weighted by Gasteiger charge is -2.33. The van der Waals surface area contributed by atoms with Gasteiger partial charge in [0.2, 0.25) is 6.61 Å². The molecule has 3 unspecified atom stereocenters. The standard InChI is InChI=1S/C38H40O6/c1-37(2,27-8-14-31(15-9-27)39-20-34-23-42-34)26-4-6-28(7-5-26)38(3,29-10-16-32(17-11-29)40-21-35-24-43-35)30-12-18-33(19-13-30)41-22-36-25-44-36/h4-19,34-36H,20-25H2,1-3H3/p+1. The molecule has 44 heavy (non-hydrogen) atoms. The van der Waals surface area contributed by atoms with Gasteiger partial charge in [-0.3, -0.25) is 0 Å². The molecule has 0 spiro atoms. The van der Waals surface area contributed by atoms with Gasteiger partial charge >= 0.3 is 0 Å². The Bertz CT molecular complexity index is 1470. The van der Waals surface area contributed by atoms with Gasteiger partial charge in [0.05, 0.1) is 19.8 Å². The molecule has 4 aromatic rings. The van der Waals surface area contributed by atoms with Crippen LogP contribution < -0.4 is 9.47 Å². The first-order valence-corrected chi connectivity index (χ1v) is 15.6. The molecule has 3 aliphatic rings. The van der Waals surface area contributed by atoms with Crippen molar-refractivity contribution in [3.63, 3.8) is 0 Å². The third kappa shape index (κ3) is 6.48. The summed E-state index contributed by atoms with van der Waals surface area (Å²) < 4.78 is 32.4. The summed E-state index contributed by atoms with van der Waals surface area (Å²) in [6.45, 7) is 11.2. The Labute approximate surface area is 259 Å². The zero-order chi connectivity index (χ0) is 30.1. The first-order valence-electron chi connectivity index (χ1n) is 15.6. The fourth-order valence-electron chi connectivity index (χ4n) is 5.73. The SMILES string of the molecule is CC(C)(c1ccc([OH+]CC2CO2)cc1)c1ccc(C(C)(c2ccc(OCC3CO3)cc2)c2ccc(OCC3CO3)cc2)cc1. The zero-order valence-electron chi connectivity index (χ0n) is 25.7. The first-order chi connectivity index (χ1) is 21.4. The molecule has 6 nitrogen and oxygen atoms in total. The van der Waals surface area contributed by atoms with Crippen molar-refractivity contribution >= 4 is 0 Å². The Morgan fingerprint density at radius 3 is 1.32 bits per heavy atom. The maximum atomic E-state index is 5.94. The molecule has 3 fully saturated rings. The molecule has 7 rings (SSSR count). The van der Waals surface area contributed by atoms with Crippen molar-refractivity contribution in [2.45, 2.75) is 49.9 Å². The third-order valence-electron chi connectivity index (χ3n) is 9.19. The lowest BCUT2D eigenvalue weighted by Crippen LogP contribution is -2.26. The number of aromatic hydroxyl groups is 1. The highest BCUT2D eigenvalue weighted by molar-refractivity contribution is 5.52. The fourth-order valence-corrected chi connectivity index (χ4v) is 5.73. The number of hydrogen-bond acceptors (Lipinski definition) is 5. The number of aliphatic hydroxyl groups is 1. The predicted octanol–water partition coefficient (Wildman–Crippen LogP) is 6.56. The van der Waals surface area contributed by atoms with Crippen LogP contribution in [0, 0.1) is 0 Å². The smallest absolute Gasteiger partial charge is 0.254 e. The first kappa shape index (κ1) is 28.9. The molecular weight excluding hydrogens is 552 g/mol. The third-order valence-corrected chi connectivity index (χ3v) is 9.19. The highest BCUT2D eigenvalue weighted by atomic mass is 16.6. The van der Waals surface area contributed by atoms with Gasteiger partial charge < -0.3 is 28.4 Å². The maximum Gasteiger partial charge on any atom is 0.254 e. The highest BCUT2D eigenvalue weighted by Crippen LogP contribution is 2.41. The molecule has 6 heteroatoms. The molecule has 228 valence electrons. The van der Waals surface area contributed by atoms with E-state index in [9.17, 15) is 0 Å². The molecule has 0 aliphatic carbocycles. The van der Waals surface area contributed by atoms with Crippen molar-refractivity contribution in [1.29, 1.82) is 0 Å². The molecule has 3 aliphatic heterocycles. The molecule has 3 saturated heterocycles. The molecular formula is C38H41O6+. The summed E-state index contributed by atoms with van der Waals surface area (Å²) in [7, 11) is 0. The Morgan fingerprint density at radius 1 is 0.545 bits per heavy atom. The van der Waals surface area contributed by atoms with E-state index in [1.54, 1.807) is 0 Å². The van der Waals surface area contributed by atoms with E-state index in [1.807, 2.05) is 0 Å². The second kappa shape index (κ2) is 11.9. The summed E-state index contributed by atoms with van der Waals surface area (Å²) in [5.74, 6) is 2.71. The minimum atomic E-state index is -0.395. The van der Waals surface area contributed by atoms with Crippen LogP contribution in [0.2, 0.25) is 0 Å². The van der Waals surface area contributed by atoms with Crippen LogP contribution in [0.3, 0.4) is 0 Å². The van der Waals surface area contributed by atoms with Gasteiger partial charge in [-0.2, -0.15) is 0 Å². The van der Waals surface area contributed by atoms with Gasteiger partial charge in [0.25, 0.3) is 5.75 Å². The molecule has 4 aromatic carbocycles. The quantitative estimate of drug-likeness (QED) is 0.0941. The van der Waals surface area contributed by atoms with E-state index < -0.39 is 5.41 Å². The Morgan fingerprint density at radius 2 is 0.909 bits per heavy atom. The van der Waals surface area contributed by atoms with Crippen molar-refractivity contribution in [2.75, 3.05) is 39.6 Å². The fraction of sp³-hybridized carbons (Fsp3) is 0.368. The molecule has 0 amide bonds. The lowest BCUT2D eigenvalue weighted by atomic mass is 9.70. The largest absolute Gasteiger partial charge is 0.581 e. The molecule has 1 N–H and O–H groups in total. The number of hydrogen-bond donors (Lipinski definition) is 0. The lowest BCUT2D eigenvalue weighted by molar-refractivity contribution is 0.0539. The van der Waals surface area contributed by atoms with Crippen LogP contribution in [0.5, 0.6) is 17.2 Å². The van der Waals surface area contributed by atoms with Crippen molar-refractivity contribution in [3.8, 4) is 17.2 Å². The van der Waals surface area contributed by atoms with Crippen molar-refractivity contribution in [3.05, 3.63) is 125 Å². The topological polar surface area (TPSA) is 68.9 Å². The average molecular weight is 594 g/mol. The Kier molecular flexibility index (Phi) is 7.83. The van der Waals surface area contributed by atoms with Crippen LogP contribution >= 0.6 is 0 Å². The van der Waals surface area contributed by atoms with E-state index in [2.05, 4.69) is 123 Å². The number of epoxide rings is 3. The minimum Gasteiger partial charge on any atom is -0.581 e. The van der Waals surface area contributed by atoms with Crippen LogP contribution in [0.1, 0.15) is 48.6 Å². The zero-order valence-corrected chi connectivity index (χ0v) is 25.7. The van der Waals surface area contributed by atoms with Gasteiger partial charge in [-0.05, 0) is 71.1 Å². The summed E-state index contributed by atoms with van der Waals surface area (Å²) in [4.78, 5) is 0. The molecule has 0 radical (unpaired) electrons. The normalized spacial score (nSPS) is 21.7.